The van der Waals surface area contributed by atoms with Gasteiger partial charge in [-0.3, -0.25) is 9.69 Å². The molecule has 0 N–H and O–H groups in total. The van der Waals surface area contributed by atoms with Crippen LogP contribution in [0.2, 0.25) is 0 Å². The topological polar surface area (TPSA) is 20.3 Å². The third-order valence-corrected chi connectivity index (χ3v) is 4.56. The van der Waals surface area contributed by atoms with Gasteiger partial charge in [-0.25, -0.2) is 0 Å². The summed E-state index contributed by atoms with van der Waals surface area (Å²) in [7, 11) is 0. The molecule has 2 aliphatic rings. The largest absolute Gasteiger partial charge is 0.300 e. The second-order valence-electron chi connectivity index (χ2n) is 5.56. The quantitative estimate of drug-likeness (QED) is 0.730. The van der Waals surface area contributed by atoms with Crippen molar-refractivity contribution in [2.45, 2.75) is 70.9 Å². The Morgan fingerprint density at radius 2 is 1.75 bits per heavy atom. The van der Waals surface area contributed by atoms with E-state index < -0.39 is 0 Å². The summed E-state index contributed by atoms with van der Waals surface area (Å²) in [5.74, 6) is 1.34. The SMILES string of the molecule is CCC(CC)CN1C2CCCC1CC(=O)C2. The Morgan fingerprint density at radius 1 is 1.19 bits per heavy atom. The van der Waals surface area contributed by atoms with Crippen LogP contribution in [0.3, 0.4) is 0 Å². The molecule has 2 aliphatic heterocycles. The van der Waals surface area contributed by atoms with Crippen molar-refractivity contribution >= 4 is 5.78 Å². The first-order chi connectivity index (χ1) is 7.74. The molecule has 0 aromatic rings. The van der Waals surface area contributed by atoms with E-state index in [0.29, 0.717) is 17.9 Å². The fourth-order valence-corrected chi connectivity index (χ4v) is 3.41. The van der Waals surface area contributed by atoms with Crippen molar-refractivity contribution in [2.75, 3.05) is 6.54 Å². The lowest BCUT2D eigenvalue weighted by molar-refractivity contribution is -0.127. The molecule has 0 spiro atoms. The normalized spacial score (nSPS) is 31.1. The van der Waals surface area contributed by atoms with Gasteiger partial charge in [0.1, 0.15) is 5.78 Å². The summed E-state index contributed by atoms with van der Waals surface area (Å²) in [4.78, 5) is 14.3. The lowest BCUT2D eigenvalue weighted by Crippen LogP contribution is -2.53. The summed E-state index contributed by atoms with van der Waals surface area (Å²) in [6.45, 7) is 5.81. The number of ketones is 1. The van der Waals surface area contributed by atoms with Crippen molar-refractivity contribution in [3.05, 3.63) is 0 Å². The highest BCUT2D eigenvalue weighted by atomic mass is 16.1. The molecule has 16 heavy (non-hydrogen) atoms. The Balaban J connectivity index is 2.00. The summed E-state index contributed by atoms with van der Waals surface area (Å²) in [6.07, 6.45) is 8.06. The van der Waals surface area contributed by atoms with Crippen LogP contribution in [0, 0.1) is 5.92 Å². The zero-order valence-electron chi connectivity index (χ0n) is 10.7. The van der Waals surface area contributed by atoms with Gasteiger partial charge in [-0.2, -0.15) is 0 Å². The van der Waals surface area contributed by atoms with Crippen LogP contribution in [0.15, 0.2) is 0 Å². The van der Waals surface area contributed by atoms with E-state index >= 15 is 0 Å². The summed E-state index contributed by atoms with van der Waals surface area (Å²) >= 11 is 0. The average molecular weight is 223 g/mol. The van der Waals surface area contributed by atoms with Crippen LogP contribution in [0.25, 0.3) is 0 Å². The van der Waals surface area contributed by atoms with Crippen molar-refractivity contribution < 1.29 is 4.79 Å². The molecule has 92 valence electrons. The minimum absolute atomic E-state index is 0.510. The molecule has 0 saturated carbocycles. The Labute approximate surface area is 99.4 Å². The van der Waals surface area contributed by atoms with Gasteiger partial charge in [0, 0.05) is 31.5 Å². The second kappa shape index (κ2) is 5.31. The first-order valence-electron chi connectivity index (χ1n) is 7.02. The van der Waals surface area contributed by atoms with Crippen molar-refractivity contribution in [3.63, 3.8) is 0 Å². The number of fused-ring (bicyclic) bond motifs is 2. The van der Waals surface area contributed by atoms with Crippen LogP contribution in [0.4, 0.5) is 0 Å². The van der Waals surface area contributed by atoms with E-state index in [1.165, 1.54) is 38.6 Å². The van der Waals surface area contributed by atoms with Gasteiger partial charge in [-0.05, 0) is 18.8 Å². The Kier molecular flexibility index (Phi) is 4.01. The van der Waals surface area contributed by atoms with E-state index in [0.717, 1.165) is 18.8 Å². The maximum absolute atomic E-state index is 11.6. The second-order valence-corrected chi connectivity index (χ2v) is 5.56. The number of hydrogen-bond donors (Lipinski definition) is 0. The van der Waals surface area contributed by atoms with E-state index in [1.54, 1.807) is 0 Å². The van der Waals surface area contributed by atoms with Gasteiger partial charge in [0.2, 0.25) is 0 Å². The average Bonchev–Trinajstić information content (AvgIpc) is 2.26. The third kappa shape index (κ3) is 2.48. The highest BCUT2D eigenvalue weighted by Crippen LogP contribution is 2.33. The fraction of sp³-hybridized carbons (Fsp3) is 0.929. The summed E-state index contributed by atoms with van der Waals surface area (Å²) < 4.78 is 0. The molecule has 0 aromatic carbocycles. The fourth-order valence-electron chi connectivity index (χ4n) is 3.41. The van der Waals surface area contributed by atoms with E-state index in [1.807, 2.05) is 0 Å². The van der Waals surface area contributed by atoms with Gasteiger partial charge >= 0.3 is 0 Å². The molecule has 0 radical (unpaired) electrons. The van der Waals surface area contributed by atoms with Gasteiger partial charge in [0.05, 0.1) is 0 Å². The van der Waals surface area contributed by atoms with Crippen LogP contribution in [-0.2, 0) is 4.79 Å². The number of Topliss-reactive ketones (excluding diaryl/α,β-unsaturated/α-hetero) is 1. The standard InChI is InChI=1S/C14H25NO/c1-3-11(4-2)10-15-12-6-5-7-13(15)9-14(16)8-12/h11-13H,3-10H2,1-2H3. The van der Waals surface area contributed by atoms with E-state index in [9.17, 15) is 4.79 Å². The van der Waals surface area contributed by atoms with Crippen molar-refractivity contribution in [1.29, 1.82) is 0 Å². The van der Waals surface area contributed by atoms with Crippen LogP contribution in [0.5, 0.6) is 0 Å². The molecule has 2 saturated heterocycles. The first-order valence-corrected chi connectivity index (χ1v) is 7.02. The molecule has 2 unspecified atom stereocenters. The van der Waals surface area contributed by atoms with Crippen LogP contribution in [0.1, 0.15) is 58.8 Å². The molecular formula is C14H25NO. The zero-order valence-corrected chi connectivity index (χ0v) is 10.7. The number of piperidine rings is 2. The van der Waals surface area contributed by atoms with Crippen molar-refractivity contribution in [1.82, 2.24) is 4.90 Å². The highest BCUT2D eigenvalue weighted by molar-refractivity contribution is 5.80. The third-order valence-electron chi connectivity index (χ3n) is 4.56. The summed E-state index contributed by atoms with van der Waals surface area (Å²) in [6, 6.07) is 1.17. The highest BCUT2D eigenvalue weighted by Gasteiger charge is 2.37. The number of carbonyl (C=O) groups is 1. The number of hydrogen-bond acceptors (Lipinski definition) is 2. The molecule has 2 bridgehead atoms. The Morgan fingerprint density at radius 3 is 2.25 bits per heavy atom. The van der Waals surface area contributed by atoms with E-state index in [4.69, 9.17) is 0 Å². The molecule has 2 nitrogen and oxygen atoms in total. The summed E-state index contributed by atoms with van der Waals surface area (Å²) in [5, 5.41) is 0. The Bertz CT molecular complexity index is 231. The van der Waals surface area contributed by atoms with Crippen LogP contribution < -0.4 is 0 Å². The first kappa shape index (κ1) is 12.1. The number of rotatable bonds is 4. The molecular weight excluding hydrogens is 198 g/mol. The summed E-state index contributed by atoms with van der Waals surface area (Å²) in [5.41, 5.74) is 0. The molecule has 2 fully saturated rings. The maximum Gasteiger partial charge on any atom is 0.136 e. The molecule has 2 rings (SSSR count). The van der Waals surface area contributed by atoms with Crippen molar-refractivity contribution in [2.24, 2.45) is 5.92 Å². The lowest BCUT2D eigenvalue weighted by atomic mass is 9.82. The molecule has 2 heterocycles. The zero-order chi connectivity index (χ0) is 11.5. The molecule has 0 aliphatic carbocycles. The van der Waals surface area contributed by atoms with Gasteiger partial charge < -0.3 is 0 Å². The van der Waals surface area contributed by atoms with Gasteiger partial charge in [-0.15, -0.1) is 0 Å². The van der Waals surface area contributed by atoms with Crippen LogP contribution in [-0.4, -0.2) is 29.3 Å². The monoisotopic (exact) mass is 223 g/mol. The minimum Gasteiger partial charge on any atom is -0.300 e. The van der Waals surface area contributed by atoms with Gasteiger partial charge in [0.15, 0.2) is 0 Å². The van der Waals surface area contributed by atoms with E-state index in [-0.39, 0.29) is 0 Å². The minimum atomic E-state index is 0.510. The van der Waals surface area contributed by atoms with Gasteiger partial charge in [0.25, 0.3) is 0 Å². The maximum atomic E-state index is 11.6. The molecule has 0 aromatic heterocycles. The molecule has 0 amide bonds. The predicted octanol–water partition coefficient (Wildman–Crippen LogP) is 3.01. The molecule has 2 heteroatoms. The smallest absolute Gasteiger partial charge is 0.136 e. The Hall–Kier alpha value is -0.370. The van der Waals surface area contributed by atoms with E-state index in [2.05, 4.69) is 18.7 Å². The molecule has 2 atom stereocenters. The van der Waals surface area contributed by atoms with Crippen molar-refractivity contribution in [3.8, 4) is 0 Å². The lowest BCUT2D eigenvalue weighted by Gasteiger charge is -2.46. The number of nitrogens with zero attached hydrogens (tertiary/aromatic N) is 1. The van der Waals surface area contributed by atoms with Gasteiger partial charge in [-0.1, -0.05) is 33.1 Å². The predicted molar refractivity (Wildman–Crippen MR) is 66.4 cm³/mol. The van der Waals surface area contributed by atoms with Crippen LogP contribution >= 0.6 is 0 Å². The number of carbonyl (C=O) groups excluding carboxylic acids is 1.